The van der Waals surface area contributed by atoms with Gasteiger partial charge in [-0.3, -0.25) is 0 Å². The molecule has 0 spiro atoms. The zero-order valence-electron chi connectivity index (χ0n) is 18.9. The van der Waals surface area contributed by atoms with Crippen molar-refractivity contribution in [2.45, 2.75) is 71.2 Å². The van der Waals surface area contributed by atoms with E-state index in [9.17, 15) is 0 Å². The van der Waals surface area contributed by atoms with Crippen molar-refractivity contribution in [1.29, 1.82) is 0 Å². The number of benzene rings is 2. The van der Waals surface area contributed by atoms with Gasteiger partial charge in [0.2, 0.25) is 0 Å². The summed E-state index contributed by atoms with van der Waals surface area (Å²) in [7, 11) is 0. The van der Waals surface area contributed by atoms with Gasteiger partial charge >= 0.3 is 0 Å². The van der Waals surface area contributed by atoms with Crippen LogP contribution < -0.4 is 10.1 Å². The molecule has 2 aromatic carbocycles. The first-order valence-corrected chi connectivity index (χ1v) is 11.4. The van der Waals surface area contributed by atoms with Crippen molar-refractivity contribution in [2.24, 2.45) is 0 Å². The average molecular weight is 412 g/mol. The quantitative estimate of drug-likeness (QED) is 0.449. The van der Waals surface area contributed by atoms with Gasteiger partial charge in [-0.2, -0.15) is 0 Å². The Morgan fingerprint density at radius 1 is 0.967 bits per heavy atom. The molecule has 4 heteroatoms. The van der Waals surface area contributed by atoms with Crippen LogP contribution in [0.1, 0.15) is 64.2 Å². The van der Waals surface area contributed by atoms with Gasteiger partial charge in [-0.05, 0) is 57.4 Å². The summed E-state index contributed by atoms with van der Waals surface area (Å²) >= 11 is 0. The molecule has 0 aromatic heterocycles. The number of ether oxygens (including phenoxy) is 3. The molecule has 1 aliphatic heterocycles. The Hall–Kier alpha value is -2.04. The number of hydrogen-bond acceptors (Lipinski definition) is 4. The Labute approximate surface area is 181 Å². The third-order valence-corrected chi connectivity index (χ3v) is 5.61. The second-order valence-corrected chi connectivity index (χ2v) is 8.51. The average Bonchev–Trinajstić information content (AvgIpc) is 2.73. The van der Waals surface area contributed by atoms with Crippen LogP contribution in [0.2, 0.25) is 0 Å². The van der Waals surface area contributed by atoms with Gasteiger partial charge < -0.3 is 19.5 Å². The molecule has 0 amide bonds. The fourth-order valence-corrected chi connectivity index (χ4v) is 4.02. The molecule has 4 nitrogen and oxygen atoms in total. The van der Waals surface area contributed by atoms with E-state index in [1.165, 1.54) is 18.4 Å². The maximum absolute atomic E-state index is 6.52. The van der Waals surface area contributed by atoms with E-state index < -0.39 is 5.60 Å². The van der Waals surface area contributed by atoms with Crippen LogP contribution in [0.3, 0.4) is 0 Å². The van der Waals surface area contributed by atoms with Crippen LogP contribution in [0.4, 0.5) is 5.69 Å². The summed E-state index contributed by atoms with van der Waals surface area (Å²) < 4.78 is 19.3. The molecule has 2 unspecified atom stereocenters. The Kier molecular flexibility index (Phi) is 8.17. The van der Waals surface area contributed by atoms with Crippen LogP contribution in [0.5, 0.6) is 5.75 Å². The lowest BCUT2D eigenvalue weighted by Gasteiger charge is -2.44. The van der Waals surface area contributed by atoms with Gasteiger partial charge in [0.25, 0.3) is 0 Å². The molecule has 0 bridgehead atoms. The van der Waals surface area contributed by atoms with Crippen molar-refractivity contribution in [1.82, 2.24) is 0 Å². The van der Waals surface area contributed by atoms with Crippen molar-refractivity contribution in [3.05, 3.63) is 59.7 Å². The van der Waals surface area contributed by atoms with Gasteiger partial charge in [0, 0.05) is 24.4 Å². The van der Waals surface area contributed by atoms with E-state index in [0.29, 0.717) is 6.61 Å². The van der Waals surface area contributed by atoms with Crippen molar-refractivity contribution >= 4 is 5.69 Å². The zero-order chi connectivity index (χ0) is 21.4. The van der Waals surface area contributed by atoms with Gasteiger partial charge in [0.15, 0.2) is 0 Å². The summed E-state index contributed by atoms with van der Waals surface area (Å²) in [5, 5.41) is 3.40. The molecule has 0 aliphatic carbocycles. The Morgan fingerprint density at radius 2 is 1.77 bits per heavy atom. The SMILES string of the molecule is CCCCCOC1C(OCCc2ccccc2)c2cc(NCC)ccc2OC1(C)C. The highest BCUT2D eigenvalue weighted by Gasteiger charge is 2.45. The second-order valence-electron chi connectivity index (χ2n) is 8.51. The van der Waals surface area contributed by atoms with E-state index in [0.717, 1.165) is 43.0 Å². The lowest BCUT2D eigenvalue weighted by atomic mass is 9.87. The largest absolute Gasteiger partial charge is 0.485 e. The number of unbranched alkanes of at least 4 members (excludes halogenated alkanes) is 2. The van der Waals surface area contributed by atoms with Crippen LogP contribution in [-0.2, 0) is 15.9 Å². The Balaban J connectivity index is 1.81. The summed E-state index contributed by atoms with van der Waals surface area (Å²) in [5.41, 5.74) is 2.98. The fraction of sp³-hybridized carbons (Fsp3) is 0.538. The van der Waals surface area contributed by atoms with Gasteiger partial charge in [-0.25, -0.2) is 0 Å². The van der Waals surface area contributed by atoms with E-state index in [-0.39, 0.29) is 12.2 Å². The molecule has 1 aliphatic rings. The summed E-state index contributed by atoms with van der Waals surface area (Å²) in [4.78, 5) is 0. The highest BCUT2D eigenvalue weighted by molar-refractivity contribution is 5.53. The number of fused-ring (bicyclic) bond motifs is 1. The number of anilines is 1. The molecule has 0 saturated carbocycles. The molecule has 2 aromatic rings. The summed E-state index contributed by atoms with van der Waals surface area (Å²) in [6.45, 7) is 10.8. The first-order valence-electron chi connectivity index (χ1n) is 11.4. The Morgan fingerprint density at radius 3 is 2.50 bits per heavy atom. The lowest BCUT2D eigenvalue weighted by Crippen LogP contribution is -2.51. The van der Waals surface area contributed by atoms with Gasteiger partial charge in [0.05, 0.1) is 6.61 Å². The van der Waals surface area contributed by atoms with E-state index in [1.54, 1.807) is 0 Å². The predicted octanol–water partition coefficient (Wildman–Crippen LogP) is 6.17. The highest BCUT2D eigenvalue weighted by Crippen LogP contribution is 2.44. The van der Waals surface area contributed by atoms with Gasteiger partial charge in [0.1, 0.15) is 23.6 Å². The smallest absolute Gasteiger partial charge is 0.132 e. The van der Waals surface area contributed by atoms with Gasteiger partial charge in [-0.15, -0.1) is 0 Å². The maximum Gasteiger partial charge on any atom is 0.132 e. The molecule has 0 saturated heterocycles. The van der Waals surface area contributed by atoms with E-state index >= 15 is 0 Å². The zero-order valence-corrected chi connectivity index (χ0v) is 18.9. The number of hydrogen-bond donors (Lipinski definition) is 1. The van der Waals surface area contributed by atoms with Crippen molar-refractivity contribution in [3.8, 4) is 5.75 Å². The van der Waals surface area contributed by atoms with Crippen molar-refractivity contribution < 1.29 is 14.2 Å². The van der Waals surface area contributed by atoms with E-state index in [1.807, 2.05) is 6.07 Å². The lowest BCUT2D eigenvalue weighted by molar-refractivity contribution is -0.162. The summed E-state index contributed by atoms with van der Waals surface area (Å²) in [5.74, 6) is 0.889. The molecule has 30 heavy (non-hydrogen) atoms. The van der Waals surface area contributed by atoms with Crippen LogP contribution in [0.25, 0.3) is 0 Å². The summed E-state index contributed by atoms with van der Waals surface area (Å²) in [6, 6.07) is 16.8. The molecule has 0 fully saturated rings. The molecule has 164 valence electrons. The molecule has 0 radical (unpaired) electrons. The van der Waals surface area contributed by atoms with E-state index in [2.05, 4.69) is 75.5 Å². The number of rotatable bonds is 11. The summed E-state index contributed by atoms with van der Waals surface area (Å²) in [6.07, 6.45) is 3.98. The minimum atomic E-state index is -0.462. The maximum atomic E-state index is 6.52. The molecular weight excluding hydrogens is 374 g/mol. The van der Waals surface area contributed by atoms with Crippen molar-refractivity contribution in [3.63, 3.8) is 0 Å². The fourth-order valence-electron chi connectivity index (χ4n) is 4.02. The third-order valence-electron chi connectivity index (χ3n) is 5.61. The van der Waals surface area contributed by atoms with Crippen LogP contribution >= 0.6 is 0 Å². The molecule has 2 atom stereocenters. The topological polar surface area (TPSA) is 39.7 Å². The molecule has 1 heterocycles. The van der Waals surface area contributed by atoms with Crippen LogP contribution in [0, 0.1) is 0 Å². The molecular formula is C26H37NO3. The highest BCUT2D eigenvalue weighted by atomic mass is 16.6. The van der Waals surface area contributed by atoms with E-state index in [4.69, 9.17) is 14.2 Å². The van der Waals surface area contributed by atoms with Crippen LogP contribution in [-0.4, -0.2) is 31.5 Å². The minimum Gasteiger partial charge on any atom is -0.485 e. The predicted molar refractivity (Wildman–Crippen MR) is 123 cm³/mol. The number of nitrogens with one attached hydrogen (secondary N) is 1. The minimum absolute atomic E-state index is 0.158. The standard InChI is InChI=1S/C26H37NO3/c1-5-7-11-17-29-25-24(28-18-16-20-12-9-8-10-13-20)22-19-21(27-6-2)14-15-23(22)30-26(25,3)4/h8-10,12-15,19,24-25,27H,5-7,11,16-18H2,1-4H3. The second kappa shape index (κ2) is 10.8. The monoisotopic (exact) mass is 411 g/mol. The first kappa shape index (κ1) is 22.6. The Bertz CT molecular complexity index is 775. The van der Waals surface area contributed by atoms with Gasteiger partial charge in [-0.1, -0.05) is 50.1 Å². The van der Waals surface area contributed by atoms with Crippen molar-refractivity contribution in [2.75, 3.05) is 25.1 Å². The first-order chi connectivity index (χ1) is 14.5. The van der Waals surface area contributed by atoms with Crippen LogP contribution in [0.15, 0.2) is 48.5 Å². The normalized spacial score (nSPS) is 19.7. The molecule has 1 N–H and O–H groups in total. The molecule has 3 rings (SSSR count). The third kappa shape index (κ3) is 5.77.